The first kappa shape index (κ1) is 14.9. The van der Waals surface area contributed by atoms with E-state index in [0.29, 0.717) is 6.04 Å². The summed E-state index contributed by atoms with van der Waals surface area (Å²) in [5.74, 6) is 0. The van der Waals surface area contributed by atoms with Crippen LogP contribution in [0.1, 0.15) is 39.7 Å². The van der Waals surface area contributed by atoms with Crippen molar-refractivity contribution in [2.75, 3.05) is 13.1 Å². The Balaban J connectivity index is 1.63. The van der Waals surface area contributed by atoms with Gasteiger partial charge in [0.15, 0.2) is 0 Å². The summed E-state index contributed by atoms with van der Waals surface area (Å²) in [7, 11) is 0. The fourth-order valence-corrected chi connectivity index (χ4v) is 2.81. The topological polar surface area (TPSA) is 47.4 Å². The molecule has 1 amide bonds. The Morgan fingerprint density at radius 3 is 2.55 bits per heavy atom. The summed E-state index contributed by atoms with van der Waals surface area (Å²) >= 11 is 0. The molecule has 1 aliphatic heterocycles. The third-order valence-corrected chi connectivity index (χ3v) is 3.92. The molecule has 118 valence electrons. The summed E-state index contributed by atoms with van der Waals surface area (Å²) in [5.41, 5.74) is 0.588. The molecule has 0 unspecified atom stereocenters. The number of likely N-dealkylation sites (tertiary alicyclic amines) is 1. The Labute approximate surface area is 130 Å². The van der Waals surface area contributed by atoms with Crippen molar-refractivity contribution in [3.8, 4) is 0 Å². The molecule has 1 saturated heterocycles. The third kappa shape index (κ3) is 3.24. The number of piperidine rings is 1. The van der Waals surface area contributed by atoms with Gasteiger partial charge in [-0.05, 0) is 39.7 Å². The van der Waals surface area contributed by atoms with E-state index in [1.54, 1.807) is 4.90 Å². The van der Waals surface area contributed by atoms with Gasteiger partial charge < -0.3 is 9.64 Å². The average molecular weight is 301 g/mol. The SMILES string of the molecule is CC(C)(C)OC(=O)N1CCC(n2cc3ccccc3n2)CC1. The summed E-state index contributed by atoms with van der Waals surface area (Å²) in [6.07, 6.45) is 3.71. The van der Waals surface area contributed by atoms with Crippen molar-refractivity contribution in [1.82, 2.24) is 14.7 Å². The van der Waals surface area contributed by atoms with Crippen LogP contribution in [0.3, 0.4) is 0 Å². The Kier molecular flexibility index (Phi) is 3.81. The first-order chi connectivity index (χ1) is 10.4. The lowest BCUT2D eigenvalue weighted by Crippen LogP contribution is -2.42. The van der Waals surface area contributed by atoms with Gasteiger partial charge in [-0.15, -0.1) is 0 Å². The number of nitrogens with zero attached hydrogens (tertiary/aromatic N) is 3. The fourth-order valence-electron chi connectivity index (χ4n) is 2.81. The molecule has 5 heteroatoms. The molecule has 1 aliphatic rings. The van der Waals surface area contributed by atoms with Gasteiger partial charge in [0.1, 0.15) is 5.60 Å². The summed E-state index contributed by atoms with van der Waals surface area (Å²) in [6.45, 7) is 7.12. The number of hydrogen-bond donors (Lipinski definition) is 0. The lowest BCUT2D eigenvalue weighted by Gasteiger charge is -2.33. The predicted molar refractivity (Wildman–Crippen MR) is 85.8 cm³/mol. The molecule has 1 aromatic heterocycles. The largest absolute Gasteiger partial charge is 0.444 e. The number of hydrogen-bond acceptors (Lipinski definition) is 3. The lowest BCUT2D eigenvalue weighted by atomic mass is 10.1. The van der Waals surface area contributed by atoms with Crippen LogP contribution in [0.25, 0.3) is 10.9 Å². The fraction of sp³-hybridized carbons (Fsp3) is 0.529. The maximum atomic E-state index is 12.1. The molecule has 0 spiro atoms. The Bertz CT molecular complexity index is 631. The van der Waals surface area contributed by atoms with Gasteiger partial charge in [0.2, 0.25) is 0 Å². The van der Waals surface area contributed by atoms with E-state index in [-0.39, 0.29) is 6.09 Å². The molecule has 0 saturated carbocycles. The molecular formula is C17H23N3O2. The molecular weight excluding hydrogens is 278 g/mol. The number of aromatic nitrogens is 2. The quantitative estimate of drug-likeness (QED) is 0.808. The van der Waals surface area contributed by atoms with E-state index in [1.165, 1.54) is 0 Å². The number of benzene rings is 1. The second-order valence-electron chi connectivity index (χ2n) is 6.87. The van der Waals surface area contributed by atoms with Crippen LogP contribution in [0.15, 0.2) is 30.5 Å². The highest BCUT2D eigenvalue weighted by Crippen LogP contribution is 2.25. The molecule has 22 heavy (non-hydrogen) atoms. The van der Waals surface area contributed by atoms with Gasteiger partial charge in [0, 0.05) is 24.7 Å². The highest BCUT2D eigenvalue weighted by molar-refractivity contribution is 5.77. The molecule has 0 aliphatic carbocycles. The standard InChI is InChI=1S/C17H23N3O2/c1-17(2,3)22-16(21)19-10-8-14(9-11-19)20-12-13-6-4-5-7-15(13)18-20/h4-7,12,14H,8-11H2,1-3H3. The van der Waals surface area contributed by atoms with Crippen LogP contribution < -0.4 is 0 Å². The lowest BCUT2D eigenvalue weighted by molar-refractivity contribution is 0.0185. The van der Waals surface area contributed by atoms with Gasteiger partial charge in [-0.2, -0.15) is 5.10 Å². The maximum Gasteiger partial charge on any atom is 0.410 e. The summed E-state index contributed by atoms with van der Waals surface area (Å²) in [5, 5.41) is 5.81. The molecule has 0 bridgehead atoms. The van der Waals surface area contributed by atoms with Crippen LogP contribution in [0.2, 0.25) is 0 Å². The van der Waals surface area contributed by atoms with Crippen molar-refractivity contribution >= 4 is 17.0 Å². The van der Waals surface area contributed by atoms with Gasteiger partial charge in [-0.25, -0.2) is 4.79 Å². The van der Waals surface area contributed by atoms with Crippen LogP contribution in [-0.2, 0) is 4.74 Å². The molecule has 1 aromatic carbocycles. The average Bonchev–Trinajstić information content (AvgIpc) is 2.89. The maximum absolute atomic E-state index is 12.1. The van der Waals surface area contributed by atoms with Crippen LogP contribution in [-0.4, -0.2) is 39.5 Å². The van der Waals surface area contributed by atoms with Crippen LogP contribution in [0, 0.1) is 0 Å². The summed E-state index contributed by atoms with van der Waals surface area (Å²) in [6, 6.07) is 8.49. The highest BCUT2D eigenvalue weighted by Gasteiger charge is 2.27. The zero-order valence-corrected chi connectivity index (χ0v) is 13.5. The van der Waals surface area contributed by atoms with Gasteiger partial charge in [-0.1, -0.05) is 18.2 Å². The van der Waals surface area contributed by atoms with Gasteiger partial charge >= 0.3 is 6.09 Å². The number of carbonyl (C=O) groups excluding carboxylic acids is 1. The van der Waals surface area contributed by atoms with E-state index < -0.39 is 5.60 Å². The van der Waals surface area contributed by atoms with Crippen molar-refractivity contribution in [3.05, 3.63) is 30.5 Å². The zero-order valence-electron chi connectivity index (χ0n) is 13.5. The third-order valence-electron chi connectivity index (χ3n) is 3.92. The monoisotopic (exact) mass is 301 g/mol. The molecule has 2 aromatic rings. The Morgan fingerprint density at radius 1 is 1.23 bits per heavy atom. The predicted octanol–water partition coefficient (Wildman–Crippen LogP) is 3.61. The number of carbonyl (C=O) groups is 1. The van der Waals surface area contributed by atoms with Crippen molar-refractivity contribution in [2.45, 2.75) is 45.3 Å². The number of ether oxygens (including phenoxy) is 1. The number of rotatable bonds is 1. The Morgan fingerprint density at radius 2 is 1.91 bits per heavy atom. The second-order valence-corrected chi connectivity index (χ2v) is 6.87. The summed E-state index contributed by atoms with van der Waals surface area (Å²) < 4.78 is 7.48. The molecule has 3 rings (SSSR count). The first-order valence-corrected chi connectivity index (χ1v) is 7.84. The van der Waals surface area contributed by atoms with Crippen LogP contribution in [0.4, 0.5) is 4.79 Å². The van der Waals surface area contributed by atoms with E-state index >= 15 is 0 Å². The minimum Gasteiger partial charge on any atom is -0.444 e. The van der Waals surface area contributed by atoms with Crippen molar-refractivity contribution in [1.29, 1.82) is 0 Å². The molecule has 0 atom stereocenters. The van der Waals surface area contributed by atoms with Crippen molar-refractivity contribution in [3.63, 3.8) is 0 Å². The minimum atomic E-state index is -0.437. The second kappa shape index (κ2) is 5.63. The Hall–Kier alpha value is -2.04. The molecule has 1 fully saturated rings. The normalized spacial score (nSPS) is 17.0. The highest BCUT2D eigenvalue weighted by atomic mass is 16.6. The molecule has 2 heterocycles. The van der Waals surface area contributed by atoms with Crippen molar-refractivity contribution < 1.29 is 9.53 Å². The first-order valence-electron chi connectivity index (χ1n) is 7.84. The van der Waals surface area contributed by atoms with Gasteiger partial charge in [0.05, 0.1) is 11.6 Å². The number of fused-ring (bicyclic) bond motifs is 1. The molecule has 0 N–H and O–H groups in total. The van der Waals surface area contributed by atoms with E-state index in [2.05, 4.69) is 22.0 Å². The minimum absolute atomic E-state index is 0.212. The van der Waals surface area contributed by atoms with Crippen LogP contribution >= 0.6 is 0 Å². The van der Waals surface area contributed by atoms with Crippen molar-refractivity contribution in [2.24, 2.45) is 0 Å². The molecule has 5 nitrogen and oxygen atoms in total. The van der Waals surface area contributed by atoms with E-state index in [0.717, 1.165) is 36.8 Å². The van der Waals surface area contributed by atoms with E-state index in [1.807, 2.05) is 39.0 Å². The summed E-state index contributed by atoms with van der Waals surface area (Å²) in [4.78, 5) is 13.9. The van der Waals surface area contributed by atoms with Gasteiger partial charge in [-0.3, -0.25) is 4.68 Å². The van der Waals surface area contributed by atoms with Crippen LogP contribution in [0.5, 0.6) is 0 Å². The zero-order chi connectivity index (χ0) is 15.7. The smallest absolute Gasteiger partial charge is 0.410 e. The molecule has 0 radical (unpaired) electrons. The van der Waals surface area contributed by atoms with E-state index in [9.17, 15) is 4.79 Å². The van der Waals surface area contributed by atoms with Gasteiger partial charge in [0.25, 0.3) is 0 Å². The van der Waals surface area contributed by atoms with E-state index in [4.69, 9.17) is 4.74 Å². The number of amides is 1.